The molecule has 2 aliphatic heterocycles. The van der Waals surface area contributed by atoms with Crippen LogP contribution in [0.3, 0.4) is 0 Å². The number of rotatable bonds is 7. The molecule has 178 valence electrons. The molecule has 4 rings (SSSR count). The maximum atomic E-state index is 12.9. The predicted octanol–water partition coefficient (Wildman–Crippen LogP) is 4.90. The van der Waals surface area contributed by atoms with Crippen molar-refractivity contribution in [3.05, 3.63) is 65.2 Å². The lowest BCUT2D eigenvalue weighted by molar-refractivity contribution is -0.202. The molecule has 2 saturated heterocycles. The summed E-state index contributed by atoms with van der Waals surface area (Å²) in [6.07, 6.45) is -1.78. The number of hydrogen-bond acceptors (Lipinski definition) is 4. The van der Waals surface area contributed by atoms with Crippen LogP contribution in [0.1, 0.15) is 40.7 Å². The highest BCUT2D eigenvalue weighted by atomic mass is 19.4. The van der Waals surface area contributed by atoms with E-state index in [1.807, 2.05) is 29.2 Å². The summed E-state index contributed by atoms with van der Waals surface area (Å²) in [5, 5.41) is 0. The Hall–Kier alpha value is -2.58. The van der Waals surface area contributed by atoms with Gasteiger partial charge in [-0.2, -0.15) is 13.2 Å². The first kappa shape index (κ1) is 23.6. The third-order valence-electron chi connectivity index (χ3n) is 6.60. The monoisotopic (exact) mass is 463 g/mol. The number of amides is 1. The Labute approximate surface area is 191 Å². The standard InChI is InChI=1S/C25H28F3NO4/c1-31-24(16-32-17-24)20-4-2-19(3-5-20)23(30)29-13-10-18(11-14-29)12-15-33-22-8-6-21(7-9-22)25(26,27)28/h2-9,18H,10-17H2,1H3. The lowest BCUT2D eigenvalue weighted by Crippen LogP contribution is -2.48. The lowest BCUT2D eigenvalue weighted by Gasteiger charge is -2.40. The molecule has 0 N–H and O–H groups in total. The lowest BCUT2D eigenvalue weighted by atomic mass is 9.90. The molecule has 0 bridgehead atoms. The van der Waals surface area contributed by atoms with Crippen molar-refractivity contribution in [2.75, 3.05) is 40.0 Å². The molecule has 2 aliphatic rings. The number of nitrogens with zero attached hydrogens (tertiary/aromatic N) is 1. The van der Waals surface area contributed by atoms with Crippen molar-refractivity contribution in [1.29, 1.82) is 0 Å². The molecule has 0 radical (unpaired) electrons. The average molecular weight is 463 g/mol. The van der Waals surface area contributed by atoms with E-state index in [1.54, 1.807) is 7.11 Å². The molecule has 2 heterocycles. The Kier molecular flexibility index (Phi) is 6.95. The molecule has 2 aromatic rings. The minimum Gasteiger partial charge on any atom is -0.494 e. The highest BCUT2D eigenvalue weighted by Gasteiger charge is 2.40. The normalized spacial score (nSPS) is 18.6. The van der Waals surface area contributed by atoms with Gasteiger partial charge >= 0.3 is 6.18 Å². The maximum absolute atomic E-state index is 12.9. The number of hydrogen-bond donors (Lipinski definition) is 0. The number of alkyl halides is 3. The van der Waals surface area contributed by atoms with Gasteiger partial charge in [0.1, 0.15) is 11.4 Å². The van der Waals surface area contributed by atoms with E-state index in [9.17, 15) is 18.0 Å². The van der Waals surface area contributed by atoms with Crippen LogP contribution in [0.5, 0.6) is 5.75 Å². The summed E-state index contributed by atoms with van der Waals surface area (Å²) in [6, 6.07) is 12.3. The number of benzene rings is 2. The number of piperidine rings is 1. The van der Waals surface area contributed by atoms with Crippen molar-refractivity contribution in [2.24, 2.45) is 5.92 Å². The molecular weight excluding hydrogens is 435 g/mol. The second-order valence-corrected chi connectivity index (χ2v) is 8.66. The molecule has 2 aromatic carbocycles. The Bertz CT molecular complexity index is 926. The van der Waals surface area contributed by atoms with Gasteiger partial charge in [0.05, 0.1) is 25.4 Å². The van der Waals surface area contributed by atoms with Crippen molar-refractivity contribution in [2.45, 2.75) is 31.0 Å². The van der Waals surface area contributed by atoms with Crippen molar-refractivity contribution in [3.8, 4) is 5.75 Å². The van der Waals surface area contributed by atoms with E-state index < -0.39 is 17.3 Å². The number of likely N-dealkylation sites (tertiary alicyclic amines) is 1. The summed E-state index contributed by atoms with van der Waals surface area (Å²) in [5.41, 5.74) is 0.591. The van der Waals surface area contributed by atoms with Crippen LogP contribution in [-0.4, -0.2) is 50.8 Å². The van der Waals surface area contributed by atoms with Gasteiger partial charge in [0.15, 0.2) is 0 Å². The molecule has 0 atom stereocenters. The van der Waals surface area contributed by atoms with Gasteiger partial charge in [0.2, 0.25) is 0 Å². The zero-order chi connectivity index (χ0) is 23.5. The quantitative estimate of drug-likeness (QED) is 0.586. The number of carbonyl (C=O) groups excluding carboxylic acids is 1. The Morgan fingerprint density at radius 3 is 2.21 bits per heavy atom. The predicted molar refractivity (Wildman–Crippen MR) is 116 cm³/mol. The summed E-state index contributed by atoms with van der Waals surface area (Å²) in [4.78, 5) is 14.8. The second kappa shape index (κ2) is 9.73. The molecule has 0 aromatic heterocycles. The van der Waals surface area contributed by atoms with E-state index in [4.69, 9.17) is 14.2 Å². The van der Waals surface area contributed by atoms with Crippen LogP contribution in [0.2, 0.25) is 0 Å². The fraction of sp³-hybridized carbons (Fsp3) is 0.480. The fourth-order valence-electron chi connectivity index (χ4n) is 4.30. The van der Waals surface area contributed by atoms with E-state index >= 15 is 0 Å². The van der Waals surface area contributed by atoms with Crippen LogP contribution in [-0.2, 0) is 21.3 Å². The zero-order valence-electron chi connectivity index (χ0n) is 18.6. The first-order valence-electron chi connectivity index (χ1n) is 11.1. The maximum Gasteiger partial charge on any atom is 0.416 e. The zero-order valence-corrected chi connectivity index (χ0v) is 18.6. The third-order valence-corrected chi connectivity index (χ3v) is 6.60. The van der Waals surface area contributed by atoms with Gasteiger partial charge in [0.25, 0.3) is 5.91 Å². The van der Waals surface area contributed by atoms with Gasteiger partial charge in [-0.3, -0.25) is 4.79 Å². The number of ether oxygens (including phenoxy) is 3. The van der Waals surface area contributed by atoms with Crippen LogP contribution in [0.4, 0.5) is 13.2 Å². The van der Waals surface area contributed by atoms with Crippen LogP contribution >= 0.6 is 0 Å². The average Bonchev–Trinajstić information content (AvgIpc) is 2.79. The molecule has 0 unspecified atom stereocenters. The summed E-state index contributed by atoms with van der Waals surface area (Å²) < 4.78 is 54.4. The Morgan fingerprint density at radius 1 is 1.06 bits per heavy atom. The van der Waals surface area contributed by atoms with Gasteiger partial charge in [-0.1, -0.05) is 12.1 Å². The van der Waals surface area contributed by atoms with Crippen LogP contribution in [0.25, 0.3) is 0 Å². The highest BCUT2D eigenvalue weighted by molar-refractivity contribution is 5.94. The Morgan fingerprint density at radius 2 is 1.70 bits per heavy atom. The molecule has 2 fully saturated rings. The van der Waals surface area contributed by atoms with Crippen molar-refractivity contribution in [3.63, 3.8) is 0 Å². The van der Waals surface area contributed by atoms with Gasteiger partial charge in [0, 0.05) is 25.8 Å². The van der Waals surface area contributed by atoms with Crippen LogP contribution in [0.15, 0.2) is 48.5 Å². The summed E-state index contributed by atoms with van der Waals surface area (Å²) in [5.74, 6) is 0.881. The minimum atomic E-state index is -4.34. The molecule has 1 amide bonds. The smallest absolute Gasteiger partial charge is 0.416 e. The fourth-order valence-corrected chi connectivity index (χ4v) is 4.30. The molecular formula is C25H28F3NO4. The first-order valence-corrected chi connectivity index (χ1v) is 11.1. The van der Waals surface area contributed by atoms with Crippen molar-refractivity contribution in [1.82, 2.24) is 4.90 Å². The molecule has 0 aliphatic carbocycles. The molecule has 0 saturated carbocycles. The molecule has 5 nitrogen and oxygen atoms in total. The van der Waals surface area contributed by atoms with E-state index in [2.05, 4.69) is 0 Å². The minimum absolute atomic E-state index is 0.0253. The van der Waals surface area contributed by atoms with Gasteiger partial charge < -0.3 is 19.1 Å². The van der Waals surface area contributed by atoms with E-state index in [0.29, 0.717) is 50.1 Å². The number of halogens is 3. The topological polar surface area (TPSA) is 48.0 Å². The van der Waals surface area contributed by atoms with Crippen LogP contribution in [0, 0.1) is 5.92 Å². The first-order chi connectivity index (χ1) is 15.8. The van der Waals surface area contributed by atoms with Gasteiger partial charge in [-0.25, -0.2) is 0 Å². The Balaban J connectivity index is 1.21. The van der Waals surface area contributed by atoms with E-state index in [0.717, 1.165) is 37.0 Å². The summed E-state index contributed by atoms with van der Waals surface area (Å²) in [6.45, 7) is 2.85. The number of carbonyl (C=O) groups is 1. The van der Waals surface area contributed by atoms with Crippen molar-refractivity contribution < 1.29 is 32.2 Å². The van der Waals surface area contributed by atoms with E-state index in [-0.39, 0.29) is 5.91 Å². The summed E-state index contributed by atoms with van der Waals surface area (Å²) in [7, 11) is 1.67. The molecule has 0 spiro atoms. The second-order valence-electron chi connectivity index (χ2n) is 8.66. The molecule has 33 heavy (non-hydrogen) atoms. The van der Waals surface area contributed by atoms with Gasteiger partial charge in [-0.05, 0) is 67.1 Å². The molecule has 8 heteroatoms. The largest absolute Gasteiger partial charge is 0.494 e. The summed E-state index contributed by atoms with van der Waals surface area (Å²) >= 11 is 0. The van der Waals surface area contributed by atoms with Gasteiger partial charge in [-0.15, -0.1) is 0 Å². The highest BCUT2D eigenvalue weighted by Crippen LogP contribution is 2.33. The third kappa shape index (κ3) is 5.33. The van der Waals surface area contributed by atoms with Crippen LogP contribution < -0.4 is 4.74 Å². The van der Waals surface area contributed by atoms with Crippen molar-refractivity contribution >= 4 is 5.91 Å². The van der Waals surface area contributed by atoms with E-state index in [1.165, 1.54) is 12.1 Å². The number of methoxy groups -OCH3 is 1. The SMILES string of the molecule is COC1(c2ccc(C(=O)N3CCC(CCOc4ccc(C(F)(F)F)cc4)CC3)cc2)COC1.